The van der Waals surface area contributed by atoms with Crippen LogP contribution in [0, 0.1) is 0 Å². The minimum atomic E-state index is -2.67. The topological polar surface area (TPSA) is 214 Å². The summed E-state index contributed by atoms with van der Waals surface area (Å²) in [6.45, 7) is 1.61. The van der Waals surface area contributed by atoms with Gasteiger partial charge in [0.25, 0.3) is 0 Å². The van der Waals surface area contributed by atoms with Gasteiger partial charge in [0.2, 0.25) is 0 Å². The third-order valence-corrected chi connectivity index (χ3v) is 0.908. The largest absolute Gasteiger partial charge is 0.674 e. The molecule has 10 nitrogen and oxygen atoms in total. The van der Waals surface area contributed by atoms with Crippen LogP contribution in [0.25, 0.3) is 0 Å². The molecule has 0 aliphatic carbocycles. The zero-order valence-electron chi connectivity index (χ0n) is 12.1. The SMILES string of the molecule is NCCCCCN.OB(O)F.OB(O)F.OB(O)F.OB(O)F. The molecular formula is C5H22B4F4N2O8. The molecule has 0 aliphatic rings. The number of rotatable bonds is 4. The molecule has 0 heterocycles. The molecule has 0 amide bonds. The van der Waals surface area contributed by atoms with E-state index in [9.17, 15) is 17.3 Å². The van der Waals surface area contributed by atoms with E-state index in [0.29, 0.717) is 0 Å². The van der Waals surface area contributed by atoms with Crippen LogP contribution in [0.5, 0.6) is 0 Å². The van der Waals surface area contributed by atoms with Gasteiger partial charge in [0.05, 0.1) is 0 Å². The van der Waals surface area contributed by atoms with Crippen LogP contribution in [0.15, 0.2) is 0 Å². The van der Waals surface area contributed by atoms with Crippen molar-refractivity contribution in [2.75, 3.05) is 13.1 Å². The molecule has 0 rings (SSSR count). The molecule has 0 saturated heterocycles. The highest BCUT2D eigenvalue weighted by Crippen LogP contribution is 1.88. The van der Waals surface area contributed by atoms with E-state index in [1.165, 1.54) is 6.42 Å². The van der Waals surface area contributed by atoms with E-state index in [4.69, 9.17) is 51.7 Å². The van der Waals surface area contributed by atoms with E-state index >= 15 is 0 Å². The molecule has 0 fully saturated rings. The van der Waals surface area contributed by atoms with E-state index in [-0.39, 0.29) is 0 Å². The van der Waals surface area contributed by atoms with Gasteiger partial charge >= 0.3 is 29.6 Å². The molecule has 0 saturated carbocycles. The Morgan fingerprint density at radius 2 is 0.609 bits per heavy atom. The molecule has 0 aromatic carbocycles. The van der Waals surface area contributed by atoms with Gasteiger partial charge in [-0.15, -0.1) is 0 Å². The zero-order valence-corrected chi connectivity index (χ0v) is 12.1. The van der Waals surface area contributed by atoms with Gasteiger partial charge in [-0.2, -0.15) is 0 Å². The third-order valence-electron chi connectivity index (χ3n) is 0.908. The first-order valence-corrected chi connectivity index (χ1v) is 5.75. The van der Waals surface area contributed by atoms with Gasteiger partial charge in [0, 0.05) is 0 Å². The summed E-state index contributed by atoms with van der Waals surface area (Å²) in [6, 6.07) is 0. The first kappa shape index (κ1) is 34.0. The van der Waals surface area contributed by atoms with E-state index in [1.54, 1.807) is 0 Å². The maximum atomic E-state index is 10.1. The van der Waals surface area contributed by atoms with Crippen molar-refractivity contribution in [3.63, 3.8) is 0 Å². The monoisotopic (exact) mass is 358 g/mol. The Kier molecular flexibility index (Phi) is 49.2. The fourth-order valence-electron chi connectivity index (χ4n) is 0.465. The van der Waals surface area contributed by atoms with Gasteiger partial charge in [-0.25, -0.2) is 0 Å². The molecule has 0 aliphatic heterocycles. The summed E-state index contributed by atoms with van der Waals surface area (Å²) in [5.74, 6) is 0. The number of hydrogen-bond acceptors (Lipinski definition) is 10. The Morgan fingerprint density at radius 3 is 0.696 bits per heavy atom. The van der Waals surface area contributed by atoms with Crippen LogP contribution in [0.1, 0.15) is 19.3 Å². The minimum absolute atomic E-state index is 0.806. The van der Waals surface area contributed by atoms with E-state index < -0.39 is 29.6 Å². The van der Waals surface area contributed by atoms with Gasteiger partial charge in [-0.3, -0.25) is 17.3 Å². The van der Waals surface area contributed by atoms with Crippen LogP contribution in [-0.2, 0) is 0 Å². The van der Waals surface area contributed by atoms with Crippen molar-refractivity contribution in [2.24, 2.45) is 11.5 Å². The molecular weight excluding hydrogens is 335 g/mol. The molecule has 0 atom stereocenters. The highest BCUT2D eigenvalue weighted by molar-refractivity contribution is 6.32. The Hall–Kier alpha value is -0.420. The summed E-state index contributed by atoms with van der Waals surface area (Å²) in [5.41, 5.74) is 10.5. The van der Waals surface area contributed by atoms with Crippen molar-refractivity contribution >= 4 is 29.6 Å². The van der Waals surface area contributed by atoms with Crippen LogP contribution < -0.4 is 11.5 Å². The lowest BCUT2D eigenvalue weighted by Gasteiger charge is -1.91. The maximum absolute atomic E-state index is 10.1. The van der Waals surface area contributed by atoms with E-state index in [2.05, 4.69) is 0 Å². The molecule has 23 heavy (non-hydrogen) atoms. The fourth-order valence-corrected chi connectivity index (χ4v) is 0.465. The minimum Gasteiger partial charge on any atom is -0.398 e. The van der Waals surface area contributed by atoms with Crippen molar-refractivity contribution in [3.8, 4) is 0 Å². The van der Waals surface area contributed by atoms with Crippen LogP contribution in [0.3, 0.4) is 0 Å². The van der Waals surface area contributed by atoms with Crippen molar-refractivity contribution in [3.05, 3.63) is 0 Å². The summed E-state index contributed by atoms with van der Waals surface area (Å²) in [7, 11) is -10.7. The maximum Gasteiger partial charge on any atom is 0.674 e. The molecule has 0 radical (unpaired) electrons. The molecule has 0 bridgehead atoms. The molecule has 0 unspecified atom stereocenters. The van der Waals surface area contributed by atoms with E-state index in [0.717, 1.165) is 25.9 Å². The average Bonchev–Trinajstić information content (AvgIpc) is 2.26. The lowest BCUT2D eigenvalue weighted by atomic mass is 10.2. The van der Waals surface area contributed by atoms with Gasteiger partial charge in [0.1, 0.15) is 0 Å². The van der Waals surface area contributed by atoms with Crippen molar-refractivity contribution in [2.45, 2.75) is 19.3 Å². The number of nitrogens with two attached hydrogens (primary N) is 2. The predicted molar refractivity (Wildman–Crippen MR) is 77.2 cm³/mol. The predicted octanol–water partition coefficient (Wildman–Crippen LogP) is -4.22. The quantitative estimate of drug-likeness (QED) is 0.133. The summed E-state index contributed by atoms with van der Waals surface area (Å²) in [4.78, 5) is 0. The first-order chi connectivity index (χ1) is 10.3. The zero-order chi connectivity index (χ0) is 19.8. The molecule has 0 aromatic heterocycles. The molecule has 0 spiro atoms. The smallest absolute Gasteiger partial charge is 0.398 e. The number of hydrogen-bond donors (Lipinski definition) is 10. The highest BCUT2D eigenvalue weighted by atomic mass is 19.1. The number of halogens is 4. The average molecular weight is 357 g/mol. The van der Waals surface area contributed by atoms with Gasteiger partial charge in [0.15, 0.2) is 0 Å². The third kappa shape index (κ3) is 646. The molecule has 0 aromatic rings. The van der Waals surface area contributed by atoms with Crippen LogP contribution in [-0.4, -0.2) is 82.9 Å². The van der Waals surface area contributed by atoms with Crippen molar-refractivity contribution in [1.82, 2.24) is 0 Å². The van der Waals surface area contributed by atoms with E-state index in [1.807, 2.05) is 0 Å². The van der Waals surface area contributed by atoms with Gasteiger partial charge < -0.3 is 51.7 Å². The Bertz CT molecular complexity index is 142. The van der Waals surface area contributed by atoms with Crippen LogP contribution >= 0.6 is 0 Å². The second-order valence-electron chi connectivity index (χ2n) is 2.88. The lowest BCUT2D eigenvalue weighted by molar-refractivity contribution is 0.338. The second-order valence-corrected chi connectivity index (χ2v) is 2.88. The first-order valence-electron chi connectivity index (χ1n) is 5.75. The van der Waals surface area contributed by atoms with Crippen LogP contribution in [0.4, 0.5) is 17.3 Å². The van der Waals surface area contributed by atoms with Crippen LogP contribution in [0.2, 0.25) is 0 Å². The second kappa shape index (κ2) is 33.2. The molecule has 12 N–H and O–H groups in total. The molecule has 140 valence electrons. The molecule has 18 heteroatoms. The normalized spacial score (nSPS) is 7.57. The summed E-state index contributed by atoms with van der Waals surface area (Å²) in [5, 5.41) is 55.6. The van der Waals surface area contributed by atoms with Gasteiger partial charge in [-0.1, -0.05) is 6.42 Å². The highest BCUT2D eigenvalue weighted by Gasteiger charge is 1.98. The van der Waals surface area contributed by atoms with Crippen molar-refractivity contribution in [1.29, 1.82) is 0 Å². The Morgan fingerprint density at radius 1 is 0.478 bits per heavy atom. The standard InChI is InChI=1S/C5H14N2.4BFH2O2/c6-4-2-1-3-5-7;4*2-1(3)4/h1-7H2;4*3-4H. The van der Waals surface area contributed by atoms with Gasteiger partial charge in [-0.05, 0) is 25.9 Å². The summed E-state index contributed by atoms with van der Waals surface area (Å²) in [6.07, 6.45) is 3.43. The summed E-state index contributed by atoms with van der Waals surface area (Å²) >= 11 is 0. The Labute approximate surface area is 132 Å². The fraction of sp³-hybridized carbons (Fsp3) is 1.00. The Balaban J connectivity index is -0.0000000604. The summed E-state index contributed by atoms with van der Waals surface area (Å²) < 4.78 is 40.4. The van der Waals surface area contributed by atoms with Crippen molar-refractivity contribution < 1.29 is 57.5 Å². The lowest BCUT2D eigenvalue weighted by Crippen LogP contribution is -2.02. The number of unbranched alkanes of at least 4 members (excludes halogenated alkanes) is 2.